The second-order valence-electron chi connectivity index (χ2n) is 7.27. The third-order valence-electron chi connectivity index (χ3n) is 4.79. The second kappa shape index (κ2) is 7.72. The molecule has 1 saturated heterocycles. The number of para-hydroxylation sites is 1. The summed E-state index contributed by atoms with van der Waals surface area (Å²) in [5, 5.41) is 2.89. The van der Waals surface area contributed by atoms with Crippen molar-refractivity contribution in [2.75, 3.05) is 25.0 Å². The minimum absolute atomic E-state index is 0.0110. The Morgan fingerprint density at radius 2 is 1.88 bits per heavy atom. The van der Waals surface area contributed by atoms with Crippen molar-refractivity contribution in [3.8, 4) is 0 Å². The van der Waals surface area contributed by atoms with E-state index >= 15 is 0 Å². The van der Waals surface area contributed by atoms with Gasteiger partial charge in [-0.1, -0.05) is 26.0 Å². The molecule has 2 aliphatic rings. The van der Waals surface area contributed by atoms with Crippen molar-refractivity contribution in [2.24, 2.45) is 11.8 Å². The highest BCUT2D eigenvalue weighted by Crippen LogP contribution is 2.25. The molecule has 2 unspecified atom stereocenters. The van der Waals surface area contributed by atoms with Gasteiger partial charge in [-0.05, 0) is 43.2 Å². The van der Waals surface area contributed by atoms with E-state index in [1.807, 2.05) is 17.0 Å². The molecule has 25 heavy (non-hydrogen) atoms. The fourth-order valence-electron chi connectivity index (χ4n) is 3.71. The molecule has 2 atom stereocenters. The van der Waals surface area contributed by atoms with E-state index in [4.69, 9.17) is 4.74 Å². The molecule has 5 nitrogen and oxygen atoms in total. The maximum absolute atomic E-state index is 13.0. The van der Waals surface area contributed by atoms with E-state index in [-0.39, 0.29) is 11.8 Å². The topological polar surface area (TPSA) is 58.6 Å². The SMILES string of the molecule is CC1CC(C)CN(C(=O)c2ccccc2NC(=O)C2=COCCC2)C1. The van der Waals surface area contributed by atoms with Crippen LogP contribution in [0.25, 0.3) is 0 Å². The summed E-state index contributed by atoms with van der Waals surface area (Å²) in [5.41, 5.74) is 1.73. The maximum Gasteiger partial charge on any atom is 0.255 e. The van der Waals surface area contributed by atoms with Gasteiger partial charge in [0.2, 0.25) is 0 Å². The molecular weight excluding hydrogens is 316 g/mol. The number of amides is 2. The summed E-state index contributed by atoms with van der Waals surface area (Å²) in [5.74, 6) is 0.793. The van der Waals surface area contributed by atoms with Crippen LogP contribution in [0.4, 0.5) is 5.69 Å². The number of carbonyl (C=O) groups is 2. The van der Waals surface area contributed by atoms with Gasteiger partial charge in [-0.2, -0.15) is 0 Å². The van der Waals surface area contributed by atoms with Gasteiger partial charge in [-0.15, -0.1) is 0 Å². The highest BCUT2D eigenvalue weighted by molar-refractivity contribution is 6.08. The van der Waals surface area contributed by atoms with Crippen LogP contribution in [0.1, 0.15) is 43.5 Å². The molecular formula is C20H26N2O3. The molecule has 0 saturated carbocycles. The van der Waals surface area contributed by atoms with Gasteiger partial charge in [-0.3, -0.25) is 9.59 Å². The Balaban J connectivity index is 1.77. The highest BCUT2D eigenvalue weighted by atomic mass is 16.5. The molecule has 0 radical (unpaired) electrons. The Bertz CT molecular complexity index is 673. The van der Waals surface area contributed by atoms with Crippen molar-refractivity contribution >= 4 is 17.5 Å². The van der Waals surface area contributed by atoms with Crippen molar-refractivity contribution in [3.63, 3.8) is 0 Å². The fraction of sp³-hybridized carbons (Fsp3) is 0.500. The van der Waals surface area contributed by atoms with E-state index in [0.29, 0.717) is 41.7 Å². The summed E-state index contributed by atoms with van der Waals surface area (Å²) in [7, 11) is 0. The Kier molecular flexibility index (Phi) is 5.41. The number of ether oxygens (including phenoxy) is 1. The van der Waals surface area contributed by atoms with Crippen LogP contribution in [0.15, 0.2) is 36.1 Å². The molecule has 5 heteroatoms. The maximum atomic E-state index is 13.0. The standard InChI is InChI=1S/C20H26N2O3/c1-14-10-15(2)12-22(11-14)20(24)17-7-3-4-8-18(17)21-19(23)16-6-5-9-25-13-16/h3-4,7-8,13-15H,5-6,9-12H2,1-2H3,(H,21,23). The van der Waals surface area contributed by atoms with Gasteiger partial charge in [0.15, 0.2) is 0 Å². The lowest BCUT2D eigenvalue weighted by Gasteiger charge is -2.35. The number of nitrogens with zero attached hydrogens (tertiary/aromatic N) is 1. The van der Waals surface area contributed by atoms with E-state index in [1.54, 1.807) is 12.1 Å². The first kappa shape index (κ1) is 17.5. The van der Waals surface area contributed by atoms with E-state index < -0.39 is 0 Å². The summed E-state index contributed by atoms with van der Waals surface area (Å²) < 4.78 is 5.24. The molecule has 134 valence electrons. The largest absolute Gasteiger partial charge is 0.501 e. The normalized spacial score (nSPS) is 23.4. The molecule has 2 amide bonds. The minimum Gasteiger partial charge on any atom is -0.501 e. The highest BCUT2D eigenvalue weighted by Gasteiger charge is 2.27. The van der Waals surface area contributed by atoms with Gasteiger partial charge in [0, 0.05) is 13.1 Å². The van der Waals surface area contributed by atoms with E-state index in [2.05, 4.69) is 19.2 Å². The molecule has 3 rings (SSSR count). The first-order chi connectivity index (χ1) is 12.0. The lowest BCUT2D eigenvalue weighted by atomic mass is 9.91. The Hall–Kier alpha value is -2.30. The van der Waals surface area contributed by atoms with Gasteiger partial charge < -0.3 is 15.0 Å². The zero-order chi connectivity index (χ0) is 17.8. The number of anilines is 1. The van der Waals surface area contributed by atoms with Gasteiger partial charge in [0.1, 0.15) is 0 Å². The van der Waals surface area contributed by atoms with Crippen molar-refractivity contribution in [2.45, 2.75) is 33.1 Å². The van der Waals surface area contributed by atoms with Crippen LogP contribution in [-0.4, -0.2) is 36.4 Å². The number of nitrogens with one attached hydrogen (secondary N) is 1. The van der Waals surface area contributed by atoms with Gasteiger partial charge in [0.05, 0.1) is 29.7 Å². The summed E-state index contributed by atoms with van der Waals surface area (Å²) in [6, 6.07) is 7.24. The first-order valence-corrected chi connectivity index (χ1v) is 9.05. The molecule has 0 spiro atoms. The van der Waals surface area contributed by atoms with E-state index in [1.165, 1.54) is 6.26 Å². The van der Waals surface area contributed by atoms with Crippen LogP contribution in [0, 0.1) is 11.8 Å². The summed E-state index contributed by atoms with van der Waals surface area (Å²) in [6.45, 7) is 6.55. The number of rotatable bonds is 3. The smallest absolute Gasteiger partial charge is 0.255 e. The van der Waals surface area contributed by atoms with Crippen LogP contribution >= 0.6 is 0 Å². The van der Waals surface area contributed by atoms with Crippen molar-refractivity contribution in [1.82, 2.24) is 4.90 Å². The van der Waals surface area contributed by atoms with Crippen LogP contribution in [-0.2, 0) is 9.53 Å². The molecule has 0 aliphatic carbocycles. The number of hydrogen-bond acceptors (Lipinski definition) is 3. The van der Waals surface area contributed by atoms with Crippen molar-refractivity contribution in [1.29, 1.82) is 0 Å². The van der Waals surface area contributed by atoms with Gasteiger partial charge >= 0.3 is 0 Å². The predicted molar refractivity (Wildman–Crippen MR) is 97.2 cm³/mol. The number of benzene rings is 1. The molecule has 1 aromatic carbocycles. The second-order valence-corrected chi connectivity index (χ2v) is 7.27. The first-order valence-electron chi connectivity index (χ1n) is 9.05. The van der Waals surface area contributed by atoms with Crippen molar-refractivity contribution < 1.29 is 14.3 Å². The van der Waals surface area contributed by atoms with Crippen LogP contribution in [0.2, 0.25) is 0 Å². The minimum atomic E-state index is -0.194. The lowest BCUT2D eigenvalue weighted by Crippen LogP contribution is -2.42. The molecule has 2 heterocycles. The number of hydrogen-bond donors (Lipinski definition) is 1. The Morgan fingerprint density at radius 3 is 2.56 bits per heavy atom. The molecule has 2 aliphatic heterocycles. The molecule has 1 fully saturated rings. The van der Waals surface area contributed by atoms with Gasteiger partial charge in [-0.25, -0.2) is 0 Å². The Labute approximate surface area is 149 Å². The average Bonchev–Trinajstić information content (AvgIpc) is 2.61. The molecule has 0 aromatic heterocycles. The molecule has 1 aromatic rings. The summed E-state index contributed by atoms with van der Waals surface area (Å²) in [6.07, 6.45) is 4.21. The monoisotopic (exact) mass is 342 g/mol. The van der Waals surface area contributed by atoms with Crippen LogP contribution in [0.3, 0.4) is 0 Å². The molecule has 0 bridgehead atoms. The quantitative estimate of drug-likeness (QED) is 0.915. The average molecular weight is 342 g/mol. The summed E-state index contributed by atoms with van der Waals surface area (Å²) >= 11 is 0. The van der Waals surface area contributed by atoms with E-state index in [0.717, 1.165) is 25.9 Å². The van der Waals surface area contributed by atoms with Crippen LogP contribution < -0.4 is 5.32 Å². The number of carbonyl (C=O) groups excluding carboxylic acids is 2. The lowest BCUT2D eigenvalue weighted by molar-refractivity contribution is -0.113. The zero-order valence-electron chi connectivity index (χ0n) is 15.0. The number of piperidine rings is 1. The zero-order valence-corrected chi connectivity index (χ0v) is 15.0. The fourth-order valence-corrected chi connectivity index (χ4v) is 3.71. The van der Waals surface area contributed by atoms with Crippen LogP contribution in [0.5, 0.6) is 0 Å². The van der Waals surface area contributed by atoms with Crippen molar-refractivity contribution in [3.05, 3.63) is 41.7 Å². The van der Waals surface area contributed by atoms with Gasteiger partial charge in [0.25, 0.3) is 11.8 Å². The third kappa shape index (κ3) is 4.21. The molecule has 1 N–H and O–H groups in total. The third-order valence-corrected chi connectivity index (χ3v) is 4.79. The summed E-state index contributed by atoms with van der Waals surface area (Å²) in [4.78, 5) is 27.4. The van der Waals surface area contributed by atoms with E-state index in [9.17, 15) is 9.59 Å². The number of likely N-dealkylation sites (tertiary alicyclic amines) is 1. The predicted octanol–water partition coefficient (Wildman–Crippen LogP) is 3.44. The Morgan fingerprint density at radius 1 is 1.16 bits per heavy atom.